The number of likely N-dealkylation sites (tertiary alicyclic amines) is 1. The lowest BCUT2D eigenvalue weighted by molar-refractivity contribution is -0.695. The molecule has 8 heteroatoms. The van der Waals surface area contributed by atoms with E-state index in [2.05, 4.69) is 4.98 Å². The van der Waals surface area contributed by atoms with Gasteiger partial charge in [0, 0.05) is 23.6 Å². The Morgan fingerprint density at radius 3 is 2.69 bits per heavy atom. The van der Waals surface area contributed by atoms with Crippen molar-refractivity contribution in [1.29, 1.82) is 0 Å². The Balaban J connectivity index is 1.68. The van der Waals surface area contributed by atoms with Crippen LogP contribution >= 0.6 is 11.6 Å². The van der Waals surface area contributed by atoms with E-state index in [1.165, 1.54) is 11.2 Å². The van der Waals surface area contributed by atoms with Crippen molar-refractivity contribution in [2.45, 2.75) is 19.0 Å². The second-order valence-electron chi connectivity index (χ2n) is 6.70. The topological polar surface area (TPSA) is 93.2 Å². The van der Waals surface area contributed by atoms with E-state index >= 15 is 0 Å². The summed E-state index contributed by atoms with van der Waals surface area (Å²) in [7, 11) is 0. The Kier molecular flexibility index (Phi) is 5.22. The van der Waals surface area contributed by atoms with E-state index in [0.29, 0.717) is 35.9 Å². The molecule has 1 amide bonds. The van der Waals surface area contributed by atoms with Crippen LogP contribution in [-0.2, 0) is 16.1 Å². The number of halogens is 1. The molecule has 1 fully saturated rings. The standard InChI is InChI=1S/C21H18ClN3O4/c22-15-6-4-14(5-7-15)19(26)17-18(16-3-1-12-29-16)25(21(28)20(17)27)10-2-9-24-11-8-23-13-24/h1,3-8,11-13,18H,2,9-10H2,(H,26,27). The van der Waals surface area contributed by atoms with Gasteiger partial charge in [-0.25, -0.2) is 4.57 Å². The Hall–Kier alpha value is -3.32. The third-order valence-corrected chi connectivity index (χ3v) is 5.12. The van der Waals surface area contributed by atoms with Gasteiger partial charge in [0.25, 0.3) is 5.91 Å². The van der Waals surface area contributed by atoms with Crippen LogP contribution in [0.4, 0.5) is 0 Å². The van der Waals surface area contributed by atoms with Crippen molar-refractivity contribution in [3.63, 3.8) is 0 Å². The van der Waals surface area contributed by atoms with Gasteiger partial charge >= 0.3 is 0 Å². The Labute approximate surface area is 171 Å². The number of aromatic amines is 1. The fourth-order valence-corrected chi connectivity index (χ4v) is 3.61. The lowest BCUT2D eigenvalue weighted by atomic mass is 9.99. The molecule has 0 radical (unpaired) electrons. The van der Waals surface area contributed by atoms with Crippen LogP contribution in [0.1, 0.15) is 23.8 Å². The lowest BCUT2D eigenvalue weighted by Gasteiger charge is -2.25. The highest BCUT2D eigenvalue weighted by atomic mass is 35.5. The van der Waals surface area contributed by atoms with E-state index < -0.39 is 23.5 Å². The minimum Gasteiger partial charge on any atom is -0.872 e. The van der Waals surface area contributed by atoms with Gasteiger partial charge in [0.2, 0.25) is 12.1 Å². The van der Waals surface area contributed by atoms with Crippen LogP contribution in [0.3, 0.4) is 0 Å². The molecular formula is C21H18ClN3O4. The molecular weight excluding hydrogens is 394 g/mol. The summed E-state index contributed by atoms with van der Waals surface area (Å²) in [6, 6.07) is 8.72. The summed E-state index contributed by atoms with van der Waals surface area (Å²) in [6.07, 6.45) is 7.56. The normalized spacial score (nSPS) is 18.5. The molecule has 1 atom stereocenters. The van der Waals surface area contributed by atoms with E-state index in [-0.39, 0.29) is 5.57 Å². The zero-order chi connectivity index (χ0) is 20.4. The summed E-state index contributed by atoms with van der Waals surface area (Å²) in [5, 5.41) is 13.6. The highest BCUT2D eigenvalue weighted by Gasteiger charge is 2.45. The Morgan fingerprint density at radius 1 is 1.24 bits per heavy atom. The SMILES string of the molecule is O=C1C(=O)N(CCC[n+]2cc[nH]c2)C(c2ccco2)C1=C([O-])c1ccc(Cl)cc1. The third kappa shape index (κ3) is 3.69. The molecule has 0 aliphatic carbocycles. The summed E-state index contributed by atoms with van der Waals surface area (Å²) in [6.45, 7) is 0.971. The van der Waals surface area contributed by atoms with Gasteiger partial charge in [0.1, 0.15) is 24.2 Å². The van der Waals surface area contributed by atoms with Crippen molar-refractivity contribution in [1.82, 2.24) is 9.88 Å². The maximum absolute atomic E-state index is 13.1. The number of aryl methyl sites for hydroxylation is 1. The second-order valence-corrected chi connectivity index (χ2v) is 7.13. The number of imidazole rings is 1. The van der Waals surface area contributed by atoms with Crippen LogP contribution in [0.2, 0.25) is 5.02 Å². The predicted molar refractivity (Wildman–Crippen MR) is 102 cm³/mol. The predicted octanol–water partition coefficient (Wildman–Crippen LogP) is 1.86. The number of Topliss-reactive ketones (excluding diaryl/α,β-unsaturated/α-hetero) is 1. The fraction of sp³-hybridized carbons (Fsp3) is 0.190. The van der Waals surface area contributed by atoms with Gasteiger partial charge in [0.05, 0.1) is 12.8 Å². The molecule has 1 saturated heterocycles. The summed E-state index contributed by atoms with van der Waals surface area (Å²) >= 11 is 5.89. The van der Waals surface area contributed by atoms with Crippen molar-refractivity contribution < 1.29 is 23.7 Å². The van der Waals surface area contributed by atoms with E-state index in [1.807, 2.05) is 17.1 Å². The maximum Gasteiger partial charge on any atom is 0.295 e. The average molecular weight is 412 g/mol. The number of hydrogen-bond acceptors (Lipinski definition) is 4. The van der Waals surface area contributed by atoms with Gasteiger partial charge in [-0.3, -0.25) is 14.6 Å². The minimum atomic E-state index is -0.843. The van der Waals surface area contributed by atoms with E-state index in [9.17, 15) is 14.7 Å². The summed E-state index contributed by atoms with van der Waals surface area (Å²) in [5.74, 6) is -1.59. The first-order valence-electron chi connectivity index (χ1n) is 9.14. The summed E-state index contributed by atoms with van der Waals surface area (Å²) in [4.78, 5) is 29.9. The van der Waals surface area contributed by atoms with E-state index in [1.54, 1.807) is 42.6 Å². The van der Waals surface area contributed by atoms with Crippen LogP contribution in [-0.4, -0.2) is 28.1 Å². The fourth-order valence-electron chi connectivity index (χ4n) is 3.48. The molecule has 148 valence electrons. The first-order valence-corrected chi connectivity index (χ1v) is 9.51. The van der Waals surface area contributed by atoms with E-state index in [4.69, 9.17) is 16.0 Å². The van der Waals surface area contributed by atoms with Crippen LogP contribution in [0, 0.1) is 0 Å². The lowest BCUT2D eigenvalue weighted by Crippen LogP contribution is -2.36. The van der Waals surface area contributed by atoms with Crippen LogP contribution in [0.5, 0.6) is 0 Å². The number of nitrogens with one attached hydrogen (secondary N) is 1. The smallest absolute Gasteiger partial charge is 0.295 e. The van der Waals surface area contributed by atoms with Gasteiger partial charge in [-0.05, 0) is 29.8 Å². The summed E-state index contributed by atoms with van der Waals surface area (Å²) < 4.78 is 7.42. The molecule has 1 aliphatic rings. The van der Waals surface area contributed by atoms with Crippen LogP contribution < -0.4 is 9.67 Å². The molecule has 4 rings (SSSR count). The van der Waals surface area contributed by atoms with Crippen molar-refractivity contribution >= 4 is 29.1 Å². The van der Waals surface area contributed by atoms with Gasteiger partial charge in [-0.15, -0.1) is 0 Å². The number of amides is 1. The van der Waals surface area contributed by atoms with Gasteiger partial charge < -0.3 is 14.4 Å². The number of carbonyl (C=O) groups excluding carboxylic acids is 2. The van der Waals surface area contributed by atoms with Crippen molar-refractivity contribution in [3.8, 4) is 0 Å². The zero-order valence-electron chi connectivity index (χ0n) is 15.4. The van der Waals surface area contributed by atoms with Crippen LogP contribution in [0.15, 0.2) is 71.4 Å². The van der Waals surface area contributed by atoms with Gasteiger partial charge in [-0.1, -0.05) is 29.5 Å². The monoisotopic (exact) mass is 411 g/mol. The van der Waals surface area contributed by atoms with Crippen molar-refractivity contribution in [2.75, 3.05) is 6.54 Å². The molecule has 3 aromatic rings. The molecule has 1 unspecified atom stereocenters. The first-order chi connectivity index (χ1) is 14.1. The van der Waals surface area contributed by atoms with Gasteiger partial charge in [-0.2, -0.15) is 0 Å². The van der Waals surface area contributed by atoms with Gasteiger partial charge in [0.15, 0.2) is 0 Å². The quantitative estimate of drug-likeness (QED) is 0.290. The molecule has 1 aliphatic heterocycles. The Bertz CT molecular complexity index is 1040. The third-order valence-electron chi connectivity index (χ3n) is 4.87. The largest absolute Gasteiger partial charge is 0.872 e. The molecule has 1 aromatic carbocycles. The average Bonchev–Trinajstić information content (AvgIpc) is 3.46. The maximum atomic E-state index is 13.1. The highest BCUT2D eigenvalue weighted by molar-refractivity contribution is 6.46. The molecule has 0 saturated carbocycles. The molecule has 0 bridgehead atoms. The first kappa shape index (κ1) is 19.0. The Morgan fingerprint density at radius 2 is 2.03 bits per heavy atom. The number of carbonyl (C=O) groups is 2. The molecule has 2 aromatic heterocycles. The van der Waals surface area contributed by atoms with E-state index in [0.717, 1.165) is 0 Å². The minimum absolute atomic E-state index is 0.0958. The summed E-state index contributed by atoms with van der Waals surface area (Å²) in [5.41, 5.74) is 0.202. The molecule has 3 heterocycles. The number of nitrogens with zero attached hydrogens (tertiary/aromatic N) is 2. The molecule has 1 N–H and O–H groups in total. The molecule has 0 spiro atoms. The molecule has 7 nitrogen and oxygen atoms in total. The van der Waals surface area contributed by atoms with Crippen LogP contribution in [0.25, 0.3) is 5.76 Å². The van der Waals surface area contributed by atoms with Crippen molar-refractivity contribution in [3.05, 3.63) is 83.3 Å². The number of H-pyrrole nitrogens is 1. The molecule has 29 heavy (non-hydrogen) atoms. The zero-order valence-corrected chi connectivity index (χ0v) is 16.1. The second kappa shape index (κ2) is 7.97. The highest BCUT2D eigenvalue weighted by Crippen LogP contribution is 2.38. The number of furan rings is 1. The van der Waals surface area contributed by atoms with Crippen molar-refractivity contribution in [2.24, 2.45) is 0 Å². The number of benzene rings is 1. The number of aromatic nitrogens is 2. The number of ketones is 1. The number of rotatable bonds is 6. The number of hydrogen-bond donors (Lipinski definition) is 1.